The van der Waals surface area contributed by atoms with Crippen molar-refractivity contribution in [2.75, 3.05) is 23.8 Å². The Balaban J connectivity index is 1.09. The summed E-state index contributed by atoms with van der Waals surface area (Å²) in [5.41, 5.74) is -0.124. The molecule has 6 heterocycles. The molecule has 0 aliphatic carbocycles. The van der Waals surface area contributed by atoms with Crippen molar-refractivity contribution in [3.8, 4) is 6.07 Å². The summed E-state index contributed by atoms with van der Waals surface area (Å²) in [5.74, 6) is -1.15. The number of rotatable bonds is 17. The number of carbonyl (C=O) groups excluding carboxylic acids is 2. The Hall–Kier alpha value is -4.85. The first-order chi connectivity index (χ1) is 29.3. The summed E-state index contributed by atoms with van der Waals surface area (Å²) in [6, 6.07) is 12.4. The molecule has 2 unspecified atom stereocenters. The van der Waals surface area contributed by atoms with Crippen molar-refractivity contribution in [1.29, 1.82) is 5.26 Å². The van der Waals surface area contributed by atoms with Gasteiger partial charge in [-0.3, -0.25) is 38.3 Å². The minimum atomic E-state index is -3.82. The molecule has 25 heteroatoms. The molecule has 2 saturated heterocycles. The fraction of sp³-hybridized carbons (Fsp3) is 0.444. The minimum absolute atomic E-state index is 0.0712. The number of halogens is 1. The van der Waals surface area contributed by atoms with Crippen LogP contribution in [0.4, 0.5) is 16.2 Å². The maximum Gasteiger partial charge on any atom is 0.327 e. The average molecular weight is 903 g/mol. The van der Waals surface area contributed by atoms with E-state index in [2.05, 4.69) is 35.6 Å². The third kappa shape index (κ3) is 9.79. The van der Waals surface area contributed by atoms with E-state index < -0.39 is 82.0 Å². The van der Waals surface area contributed by atoms with Crippen LogP contribution in [0.15, 0.2) is 60.0 Å². The highest BCUT2D eigenvalue weighted by Crippen LogP contribution is 2.55. The van der Waals surface area contributed by atoms with E-state index in [-0.39, 0.29) is 42.5 Å². The third-order valence-corrected chi connectivity index (χ3v) is 12.6. The first kappa shape index (κ1) is 44.2. The molecule has 7 rings (SSSR count). The van der Waals surface area contributed by atoms with Gasteiger partial charge in [-0.05, 0) is 36.4 Å². The Morgan fingerprint density at radius 2 is 1.92 bits per heavy atom. The van der Waals surface area contributed by atoms with Crippen LogP contribution in [0.5, 0.6) is 0 Å². The van der Waals surface area contributed by atoms with E-state index in [1.807, 2.05) is 19.1 Å². The number of anilines is 2. The molecule has 1 aromatic carbocycles. The predicted octanol–water partition coefficient (Wildman–Crippen LogP) is 4.67. The van der Waals surface area contributed by atoms with Crippen molar-refractivity contribution in [2.45, 2.75) is 83.1 Å². The van der Waals surface area contributed by atoms with Crippen molar-refractivity contribution in [3.63, 3.8) is 0 Å². The normalized spacial score (nSPS) is 24.2. The standard InChI is InChI=1S/C36H41FN10O11P2S/c1-4-22-23(15-25(55-22)46-13-11-21-29(39-17-40-30(21)46)42-33(49)20-9-6-5-7-10-20)58-60(61,53-14-8-12-38)54-16-24-26(37)28(57-59(51)52)35(56-24)47-18-41-27-31(47)43-36(45-34(27)50)44-32(48)19(2)3/h5-7,9-11,13,17-19,22-26,28,35,59H,4,8,14-16H2,1-3H3,(H,51,52)(H,39,40,42,49)(H2,43,44,45,48,50)/t22-,23+,24-,25-,26-,28-,35-,60?/m1/s1. The number of nitrogens with one attached hydrogen (secondary N) is 3. The van der Waals surface area contributed by atoms with E-state index in [1.165, 1.54) is 6.33 Å². The van der Waals surface area contributed by atoms with E-state index in [1.54, 1.807) is 54.9 Å². The number of fused-ring (bicyclic) bond motifs is 2. The van der Waals surface area contributed by atoms with Gasteiger partial charge in [-0.1, -0.05) is 39.0 Å². The maximum atomic E-state index is 16.3. The minimum Gasteiger partial charge on any atom is -0.352 e. The molecule has 0 saturated carbocycles. The summed E-state index contributed by atoms with van der Waals surface area (Å²) >= 11 is 5.81. The molecular weight excluding hydrogens is 861 g/mol. The number of imidazole rings is 1. The van der Waals surface area contributed by atoms with Gasteiger partial charge in [0.1, 0.15) is 36.2 Å². The van der Waals surface area contributed by atoms with Crippen LogP contribution in [-0.4, -0.2) is 94.6 Å². The fourth-order valence-electron chi connectivity index (χ4n) is 6.78. The van der Waals surface area contributed by atoms with Gasteiger partial charge in [0.05, 0.1) is 49.6 Å². The molecule has 2 aliphatic rings. The summed E-state index contributed by atoms with van der Waals surface area (Å²) in [4.78, 5) is 67.3. The van der Waals surface area contributed by atoms with Gasteiger partial charge in [-0.2, -0.15) is 10.2 Å². The molecule has 2 aliphatic heterocycles. The van der Waals surface area contributed by atoms with E-state index in [0.29, 0.717) is 28.8 Å². The number of hydrogen-bond donors (Lipinski definition) is 4. The molecule has 61 heavy (non-hydrogen) atoms. The van der Waals surface area contributed by atoms with E-state index in [9.17, 15) is 29.1 Å². The number of amides is 2. The number of benzene rings is 1. The zero-order valence-corrected chi connectivity index (χ0v) is 35.5. The Morgan fingerprint density at radius 3 is 2.64 bits per heavy atom. The third-order valence-electron chi connectivity index (χ3n) is 9.77. The summed E-state index contributed by atoms with van der Waals surface area (Å²) < 4.78 is 66.9. The number of nitriles is 1. The van der Waals surface area contributed by atoms with Crippen LogP contribution in [0.2, 0.25) is 0 Å². The summed E-state index contributed by atoms with van der Waals surface area (Å²) in [6.45, 7) is 0.554. The van der Waals surface area contributed by atoms with Crippen molar-refractivity contribution in [1.82, 2.24) is 34.1 Å². The molecule has 324 valence electrons. The number of nitrogens with zero attached hydrogens (tertiary/aromatic N) is 7. The van der Waals surface area contributed by atoms with Crippen molar-refractivity contribution in [3.05, 3.63) is 71.2 Å². The monoisotopic (exact) mass is 902 g/mol. The Morgan fingerprint density at radius 1 is 1.13 bits per heavy atom. The fourth-order valence-corrected chi connectivity index (χ4v) is 9.39. The van der Waals surface area contributed by atoms with Crippen LogP contribution in [0.1, 0.15) is 62.8 Å². The molecule has 0 bridgehead atoms. The van der Waals surface area contributed by atoms with E-state index in [0.717, 1.165) is 10.9 Å². The second kappa shape index (κ2) is 19.0. The molecule has 0 radical (unpaired) electrons. The molecule has 2 amide bonds. The lowest BCUT2D eigenvalue weighted by Crippen LogP contribution is -2.31. The SMILES string of the molecule is CC[C@H]1O[C@@H](n2ccc3c(NC(=O)c4ccccc4)ncnc32)C[C@@H]1OP(=S)(OCCC#N)OC[C@H]1O[C@@H](n2cnc3c(=O)[nH]c(NC(=O)C(C)C)nc32)[C@H](O[PH](=O)O)[C@@H]1F. The molecule has 5 aromatic rings. The van der Waals surface area contributed by atoms with E-state index in [4.69, 9.17) is 39.4 Å². The quantitative estimate of drug-likeness (QED) is 0.0729. The van der Waals surface area contributed by atoms with Crippen LogP contribution in [0.25, 0.3) is 22.2 Å². The Bertz CT molecular complexity index is 2570. The summed E-state index contributed by atoms with van der Waals surface area (Å²) in [5, 5.41) is 15.1. The zero-order valence-electron chi connectivity index (χ0n) is 32.7. The van der Waals surface area contributed by atoms with Gasteiger partial charge in [0.15, 0.2) is 23.6 Å². The van der Waals surface area contributed by atoms with Gasteiger partial charge >= 0.3 is 15.0 Å². The topological polar surface area (TPSA) is 269 Å². The van der Waals surface area contributed by atoms with Gasteiger partial charge in [-0.15, -0.1) is 0 Å². The van der Waals surface area contributed by atoms with Gasteiger partial charge in [-0.25, -0.2) is 19.3 Å². The van der Waals surface area contributed by atoms with E-state index >= 15 is 4.39 Å². The highest BCUT2D eigenvalue weighted by Gasteiger charge is 2.50. The summed E-state index contributed by atoms with van der Waals surface area (Å²) in [7, 11) is -3.75. The van der Waals surface area contributed by atoms with Gasteiger partial charge in [0, 0.05) is 24.1 Å². The number of H-pyrrole nitrogens is 1. The molecular formula is C36H41FN10O11P2S. The highest BCUT2D eigenvalue weighted by molar-refractivity contribution is 8.07. The Kier molecular flexibility index (Phi) is 13.8. The zero-order chi connectivity index (χ0) is 43.4. The molecule has 2 fully saturated rings. The van der Waals surface area contributed by atoms with Crippen LogP contribution in [0, 0.1) is 17.2 Å². The van der Waals surface area contributed by atoms with Crippen molar-refractivity contribution < 1.29 is 51.0 Å². The van der Waals surface area contributed by atoms with Gasteiger partial charge in [0.2, 0.25) is 11.9 Å². The lowest BCUT2D eigenvalue weighted by molar-refractivity contribution is -0.118. The molecule has 9 atom stereocenters. The van der Waals surface area contributed by atoms with Crippen molar-refractivity contribution >= 4 is 72.6 Å². The second-order valence-electron chi connectivity index (χ2n) is 14.1. The second-order valence-corrected chi connectivity index (χ2v) is 17.9. The van der Waals surface area contributed by atoms with Crippen LogP contribution >= 0.6 is 15.0 Å². The predicted molar refractivity (Wildman–Crippen MR) is 219 cm³/mol. The smallest absolute Gasteiger partial charge is 0.327 e. The number of aromatic nitrogens is 7. The van der Waals surface area contributed by atoms with Gasteiger partial charge in [0.25, 0.3) is 11.5 Å². The number of alkyl halides is 1. The van der Waals surface area contributed by atoms with Crippen LogP contribution < -0.4 is 16.2 Å². The molecule has 0 spiro atoms. The highest BCUT2D eigenvalue weighted by atomic mass is 32.5. The number of hydrogen-bond acceptors (Lipinski definition) is 16. The maximum absolute atomic E-state index is 16.3. The average Bonchev–Trinajstić information content (AvgIpc) is 4.02. The van der Waals surface area contributed by atoms with Gasteiger partial charge < -0.3 is 37.8 Å². The van der Waals surface area contributed by atoms with Crippen molar-refractivity contribution in [2.24, 2.45) is 5.92 Å². The molecule has 4 aromatic heterocycles. The summed E-state index contributed by atoms with van der Waals surface area (Å²) in [6.07, 6.45) is -3.89. The molecule has 21 nitrogen and oxygen atoms in total. The number of ether oxygens (including phenoxy) is 2. The lowest BCUT2D eigenvalue weighted by Gasteiger charge is -2.27. The lowest BCUT2D eigenvalue weighted by atomic mass is 10.1. The first-order valence-corrected chi connectivity index (χ1v) is 22.9. The largest absolute Gasteiger partial charge is 0.352 e. The van der Waals surface area contributed by atoms with Crippen LogP contribution in [0.3, 0.4) is 0 Å². The first-order valence-electron chi connectivity index (χ1n) is 19.0. The number of aromatic amines is 1. The molecule has 4 N–H and O–H groups in total. The Labute approximate surface area is 352 Å². The van der Waals surface area contributed by atoms with Crippen LogP contribution in [-0.2, 0) is 48.7 Å². The number of carbonyl (C=O) groups is 2.